The first-order valence-electron chi connectivity index (χ1n) is 10.6. The van der Waals surface area contributed by atoms with Crippen LogP contribution in [0, 0.1) is 0 Å². The zero-order valence-electron chi connectivity index (χ0n) is 17.3. The Morgan fingerprint density at radius 2 is 1.93 bits per heavy atom. The molecule has 30 heavy (non-hydrogen) atoms. The number of aryl methyl sites for hydroxylation is 1. The van der Waals surface area contributed by atoms with E-state index in [2.05, 4.69) is 0 Å². The maximum absolute atomic E-state index is 12.9. The average Bonchev–Trinajstić information content (AvgIpc) is 3.21. The molecule has 1 aromatic carbocycles. The first kappa shape index (κ1) is 24.5. The lowest BCUT2D eigenvalue weighted by Gasteiger charge is -2.28. The second-order valence-electron chi connectivity index (χ2n) is 7.71. The van der Waals surface area contributed by atoms with E-state index in [-0.39, 0.29) is 12.6 Å². The summed E-state index contributed by atoms with van der Waals surface area (Å²) < 4.78 is 18.0. The zero-order chi connectivity index (χ0) is 22.0. The Bertz CT molecular complexity index is 729. The van der Waals surface area contributed by atoms with Gasteiger partial charge in [-0.15, -0.1) is 0 Å². The maximum atomic E-state index is 12.9. The van der Waals surface area contributed by atoms with Crippen LogP contribution in [0.15, 0.2) is 30.3 Å². The molecule has 1 aliphatic rings. The topological polar surface area (TPSA) is 130 Å². The number of amides is 1. The number of likely N-dealkylation sites (tertiary alicyclic amines) is 1. The van der Waals surface area contributed by atoms with Crippen molar-refractivity contribution in [2.75, 3.05) is 19.3 Å². The van der Waals surface area contributed by atoms with Crippen molar-refractivity contribution in [1.29, 1.82) is 0 Å². The first-order valence-corrected chi connectivity index (χ1v) is 12.4. The van der Waals surface area contributed by atoms with Crippen LogP contribution in [-0.4, -0.2) is 58.2 Å². The fourth-order valence-corrected chi connectivity index (χ4v) is 5.03. The second kappa shape index (κ2) is 12.2. The Labute approximate surface area is 177 Å². The van der Waals surface area contributed by atoms with Crippen molar-refractivity contribution in [2.24, 2.45) is 5.73 Å². The van der Waals surface area contributed by atoms with E-state index in [9.17, 15) is 24.2 Å². The summed E-state index contributed by atoms with van der Waals surface area (Å²) in [6.07, 6.45) is 3.30. The van der Waals surface area contributed by atoms with Crippen LogP contribution in [0.4, 0.5) is 0 Å². The highest BCUT2D eigenvalue weighted by Gasteiger charge is 2.39. The van der Waals surface area contributed by atoms with E-state index in [1.807, 2.05) is 30.3 Å². The number of carbonyl (C=O) groups excluding carboxylic acids is 1. The average molecular weight is 440 g/mol. The Hall–Kier alpha value is -1.73. The van der Waals surface area contributed by atoms with E-state index in [1.165, 1.54) is 4.90 Å². The van der Waals surface area contributed by atoms with E-state index in [4.69, 9.17) is 10.3 Å². The summed E-state index contributed by atoms with van der Waals surface area (Å²) in [5.74, 6) is -1.58. The maximum Gasteiger partial charge on any atom is 0.328 e. The molecule has 9 heteroatoms. The SMILES string of the molecule is NCCCC[C@@H](OP(=O)(O)CCCCc1ccccc1)C(=O)N1CCC[C@H]1C(=O)O. The van der Waals surface area contributed by atoms with Crippen molar-refractivity contribution >= 4 is 19.5 Å². The Morgan fingerprint density at radius 1 is 1.20 bits per heavy atom. The van der Waals surface area contributed by atoms with Gasteiger partial charge in [-0.2, -0.15) is 0 Å². The fraction of sp³-hybridized carbons (Fsp3) is 0.619. The summed E-state index contributed by atoms with van der Waals surface area (Å²) in [7, 11) is -3.98. The van der Waals surface area contributed by atoms with E-state index >= 15 is 0 Å². The Morgan fingerprint density at radius 3 is 2.60 bits per heavy atom. The molecule has 8 nitrogen and oxygen atoms in total. The molecule has 1 aromatic rings. The first-order chi connectivity index (χ1) is 14.3. The van der Waals surface area contributed by atoms with Gasteiger partial charge < -0.3 is 20.6 Å². The molecule has 168 valence electrons. The van der Waals surface area contributed by atoms with Crippen molar-refractivity contribution in [3.8, 4) is 0 Å². The fourth-order valence-electron chi connectivity index (χ4n) is 3.70. The Balaban J connectivity index is 1.93. The normalized spacial score (nSPS) is 19.4. The van der Waals surface area contributed by atoms with Gasteiger partial charge in [0, 0.05) is 6.54 Å². The van der Waals surface area contributed by atoms with Gasteiger partial charge in [0.2, 0.25) is 0 Å². The largest absolute Gasteiger partial charge is 0.480 e. The van der Waals surface area contributed by atoms with E-state index < -0.39 is 31.6 Å². The highest BCUT2D eigenvalue weighted by atomic mass is 31.2. The van der Waals surface area contributed by atoms with Crippen LogP contribution in [0.3, 0.4) is 0 Å². The van der Waals surface area contributed by atoms with Crippen LogP contribution < -0.4 is 5.73 Å². The van der Waals surface area contributed by atoms with Gasteiger partial charge in [-0.25, -0.2) is 4.79 Å². The molecule has 2 rings (SSSR count). The molecule has 0 spiro atoms. The van der Waals surface area contributed by atoms with Crippen molar-refractivity contribution in [2.45, 2.75) is 63.5 Å². The summed E-state index contributed by atoms with van der Waals surface area (Å²) in [6, 6.07) is 8.97. The van der Waals surface area contributed by atoms with Gasteiger partial charge in [-0.05, 0) is 63.5 Å². The van der Waals surface area contributed by atoms with Crippen LogP contribution >= 0.6 is 7.60 Å². The predicted molar refractivity (Wildman–Crippen MR) is 114 cm³/mol. The molecule has 1 saturated heterocycles. The number of hydrogen-bond acceptors (Lipinski definition) is 5. The van der Waals surface area contributed by atoms with Gasteiger partial charge in [-0.1, -0.05) is 30.3 Å². The van der Waals surface area contributed by atoms with E-state index in [0.717, 1.165) is 18.4 Å². The molecule has 4 N–H and O–H groups in total. The molecule has 1 amide bonds. The number of carboxylic acids is 1. The van der Waals surface area contributed by atoms with E-state index in [0.29, 0.717) is 45.2 Å². The number of nitrogens with two attached hydrogens (primary N) is 1. The third kappa shape index (κ3) is 7.84. The lowest BCUT2D eigenvalue weighted by molar-refractivity contribution is -0.151. The van der Waals surface area contributed by atoms with Gasteiger partial charge in [0.1, 0.15) is 12.1 Å². The van der Waals surface area contributed by atoms with Crippen LogP contribution in [0.5, 0.6) is 0 Å². The summed E-state index contributed by atoms with van der Waals surface area (Å²) in [5.41, 5.74) is 6.67. The minimum atomic E-state index is -3.98. The predicted octanol–water partition coefficient (Wildman–Crippen LogP) is 2.78. The van der Waals surface area contributed by atoms with Crippen molar-refractivity contribution in [3.05, 3.63) is 35.9 Å². The van der Waals surface area contributed by atoms with Crippen LogP contribution in [0.1, 0.15) is 50.5 Å². The van der Waals surface area contributed by atoms with Gasteiger partial charge in [0.15, 0.2) is 0 Å². The monoisotopic (exact) mass is 440 g/mol. The van der Waals surface area contributed by atoms with Crippen molar-refractivity contribution in [1.82, 2.24) is 4.90 Å². The molecule has 0 radical (unpaired) electrons. The van der Waals surface area contributed by atoms with Gasteiger partial charge in [-0.3, -0.25) is 13.9 Å². The molecule has 0 saturated carbocycles. The molecule has 0 bridgehead atoms. The summed E-state index contributed by atoms with van der Waals surface area (Å²) >= 11 is 0. The molecule has 1 fully saturated rings. The zero-order valence-corrected chi connectivity index (χ0v) is 18.2. The van der Waals surface area contributed by atoms with Crippen LogP contribution in [0.2, 0.25) is 0 Å². The summed E-state index contributed by atoms with van der Waals surface area (Å²) in [6.45, 7) is 0.762. The lowest BCUT2D eigenvalue weighted by Crippen LogP contribution is -2.46. The smallest absolute Gasteiger partial charge is 0.328 e. The quantitative estimate of drug-likeness (QED) is 0.318. The second-order valence-corrected chi connectivity index (χ2v) is 9.64. The molecule has 1 unspecified atom stereocenters. The number of benzene rings is 1. The summed E-state index contributed by atoms with van der Waals surface area (Å²) in [4.78, 5) is 35.9. The number of rotatable bonds is 13. The number of hydrogen-bond donors (Lipinski definition) is 3. The highest BCUT2D eigenvalue weighted by molar-refractivity contribution is 7.52. The van der Waals surface area contributed by atoms with Crippen LogP contribution in [-0.2, 0) is 25.1 Å². The number of carbonyl (C=O) groups is 2. The standard InChI is InChI=1S/C21H33N2O6P/c22-14-6-4-13-19(20(24)23-15-8-12-18(23)21(25)26)29-30(27,28)16-7-5-11-17-9-2-1-3-10-17/h1-3,9-10,18-19H,4-8,11-16,22H2,(H,25,26)(H,27,28)/t18-,19+/m0/s1. The molecule has 0 aliphatic carbocycles. The highest BCUT2D eigenvalue weighted by Crippen LogP contribution is 2.45. The molecular formula is C21H33N2O6P. The Kier molecular flexibility index (Phi) is 9.98. The molecule has 0 aromatic heterocycles. The number of unbranched alkanes of at least 4 members (excludes halogenated alkanes) is 2. The summed E-state index contributed by atoms with van der Waals surface area (Å²) in [5, 5.41) is 9.34. The van der Waals surface area contributed by atoms with Crippen LogP contribution in [0.25, 0.3) is 0 Å². The van der Waals surface area contributed by atoms with Gasteiger partial charge in [0.05, 0.1) is 6.16 Å². The van der Waals surface area contributed by atoms with Crippen molar-refractivity contribution < 1.29 is 28.7 Å². The molecule has 1 aliphatic heterocycles. The minimum absolute atomic E-state index is 0.0388. The molecule has 3 atom stereocenters. The molecule has 1 heterocycles. The third-order valence-electron chi connectivity index (χ3n) is 5.31. The number of carboxylic acid groups (broad SMARTS) is 1. The van der Waals surface area contributed by atoms with Crippen molar-refractivity contribution in [3.63, 3.8) is 0 Å². The third-order valence-corrected chi connectivity index (χ3v) is 6.77. The minimum Gasteiger partial charge on any atom is -0.480 e. The molecular weight excluding hydrogens is 407 g/mol. The number of nitrogens with zero attached hydrogens (tertiary/aromatic N) is 1. The lowest BCUT2D eigenvalue weighted by atomic mass is 10.1. The van der Waals surface area contributed by atoms with Gasteiger partial charge in [0.25, 0.3) is 5.91 Å². The number of aliphatic carboxylic acids is 1. The van der Waals surface area contributed by atoms with Gasteiger partial charge >= 0.3 is 13.6 Å². The van der Waals surface area contributed by atoms with E-state index in [1.54, 1.807) is 0 Å².